The van der Waals surface area contributed by atoms with E-state index in [0.717, 1.165) is 10.0 Å². The molecular formula is C15H16BrNO3S. The van der Waals surface area contributed by atoms with Gasteiger partial charge >= 0.3 is 0 Å². The fourth-order valence-electron chi connectivity index (χ4n) is 1.88. The van der Waals surface area contributed by atoms with E-state index in [2.05, 4.69) is 15.9 Å². The molecule has 0 amide bonds. The van der Waals surface area contributed by atoms with Gasteiger partial charge in [-0.1, -0.05) is 28.1 Å². The summed E-state index contributed by atoms with van der Waals surface area (Å²) in [5.74, 6) is 1.15. The van der Waals surface area contributed by atoms with E-state index in [9.17, 15) is 8.42 Å². The summed E-state index contributed by atoms with van der Waals surface area (Å²) in [7, 11) is -3.26. The van der Waals surface area contributed by atoms with Gasteiger partial charge < -0.3 is 10.5 Å². The Balaban J connectivity index is 2.36. The van der Waals surface area contributed by atoms with E-state index >= 15 is 0 Å². The molecule has 112 valence electrons. The predicted octanol–water partition coefficient (Wildman–Crippen LogP) is 3.15. The highest BCUT2D eigenvalue weighted by atomic mass is 79.9. The zero-order valence-corrected chi connectivity index (χ0v) is 13.9. The van der Waals surface area contributed by atoms with Crippen LogP contribution in [0.3, 0.4) is 0 Å². The van der Waals surface area contributed by atoms with Crippen molar-refractivity contribution in [1.29, 1.82) is 0 Å². The molecule has 0 aliphatic carbocycles. The molecule has 0 fully saturated rings. The van der Waals surface area contributed by atoms with Crippen LogP contribution >= 0.6 is 15.9 Å². The van der Waals surface area contributed by atoms with Gasteiger partial charge in [-0.25, -0.2) is 8.42 Å². The average molecular weight is 370 g/mol. The van der Waals surface area contributed by atoms with Crippen LogP contribution in [0.1, 0.15) is 5.56 Å². The van der Waals surface area contributed by atoms with Crippen molar-refractivity contribution in [3.8, 4) is 11.5 Å². The Hall–Kier alpha value is -1.37. The van der Waals surface area contributed by atoms with Crippen molar-refractivity contribution in [3.63, 3.8) is 0 Å². The molecule has 0 radical (unpaired) electrons. The standard InChI is InChI=1S/C15H16BrNO3S/c1-21(18,19)14-4-2-3-13(10-14)20-15-9-12(16)6-5-11(15)7-8-17/h2-6,9-10H,7-8,17H2,1H3. The number of benzene rings is 2. The monoisotopic (exact) mass is 369 g/mol. The van der Waals surface area contributed by atoms with Gasteiger partial charge in [-0.05, 0) is 48.9 Å². The molecule has 2 N–H and O–H groups in total. The van der Waals surface area contributed by atoms with Crippen molar-refractivity contribution in [3.05, 3.63) is 52.5 Å². The van der Waals surface area contributed by atoms with Crippen LogP contribution < -0.4 is 10.5 Å². The van der Waals surface area contributed by atoms with E-state index in [4.69, 9.17) is 10.5 Å². The second-order valence-corrected chi connectivity index (χ2v) is 7.57. The molecule has 4 nitrogen and oxygen atoms in total. The molecule has 0 saturated heterocycles. The molecule has 0 atom stereocenters. The van der Waals surface area contributed by atoms with E-state index in [1.165, 1.54) is 12.3 Å². The number of hydrogen-bond acceptors (Lipinski definition) is 4. The Morgan fingerprint density at radius 3 is 2.62 bits per heavy atom. The Morgan fingerprint density at radius 1 is 1.19 bits per heavy atom. The van der Waals surface area contributed by atoms with Crippen LogP contribution in [0.4, 0.5) is 0 Å². The Kier molecular flexibility index (Phi) is 5.03. The molecule has 6 heteroatoms. The number of halogens is 1. The molecule has 0 unspecified atom stereocenters. The van der Waals surface area contributed by atoms with E-state index in [0.29, 0.717) is 24.5 Å². The van der Waals surface area contributed by atoms with Gasteiger partial charge in [0.05, 0.1) is 4.90 Å². The molecule has 2 rings (SSSR count). The number of ether oxygens (including phenoxy) is 1. The average Bonchev–Trinajstić information content (AvgIpc) is 2.41. The molecule has 2 aromatic carbocycles. The van der Waals surface area contributed by atoms with Crippen molar-refractivity contribution in [2.24, 2.45) is 5.73 Å². The predicted molar refractivity (Wildman–Crippen MR) is 86.5 cm³/mol. The summed E-state index contributed by atoms with van der Waals surface area (Å²) in [6.45, 7) is 0.515. The zero-order chi connectivity index (χ0) is 15.5. The van der Waals surface area contributed by atoms with E-state index in [1.54, 1.807) is 18.2 Å². The molecule has 0 aliphatic heterocycles. The topological polar surface area (TPSA) is 69.4 Å². The van der Waals surface area contributed by atoms with E-state index in [-0.39, 0.29) is 4.90 Å². The molecule has 0 heterocycles. The van der Waals surface area contributed by atoms with E-state index in [1.807, 2.05) is 18.2 Å². The van der Waals surface area contributed by atoms with Crippen molar-refractivity contribution >= 4 is 25.8 Å². The Labute approximate surface area is 133 Å². The summed E-state index contributed by atoms with van der Waals surface area (Å²) in [5, 5.41) is 0. The van der Waals surface area contributed by atoms with Crippen LogP contribution in [0.2, 0.25) is 0 Å². The lowest BCUT2D eigenvalue weighted by atomic mass is 10.1. The lowest BCUT2D eigenvalue weighted by Crippen LogP contribution is -2.04. The van der Waals surface area contributed by atoms with Gasteiger partial charge in [0, 0.05) is 10.7 Å². The maximum atomic E-state index is 11.6. The molecule has 0 saturated carbocycles. The highest BCUT2D eigenvalue weighted by Gasteiger charge is 2.10. The molecule has 0 bridgehead atoms. The second-order valence-electron chi connectivity index (χ2n) is 4.64. The first-order valence-corrected chi connectivity index (χ1v) is 9.05. The number of sulfone groups is 1. The summed E-state index contributed by atoms with van der Waals surface area (Å²) in [4.78, 5) is 0.232. The fraction of sp³-hybridized carbons (Fsp3) is 0.200. The van der Waals surface area contributed by atoms with Crippen LogP contribution in [-0.4, -0.2) is 21.2 Å². The SMILES string of the molecule is CS(=O)(=O)c1cccc(Oc2cc(Br)ccc2CCN)c1. The van der Waals surface area contributed by atoms with Gasteiger partial charge in [0.15, 0.2) is 9.84 Å². The first kappa shape index (κ1) is 16.0. The number of rotatable bonds is 5. The minimum absolute atomic E-state index is 0.232. The van der Waals surface area contributed by atoms with Gasteiger partial charge in [-0.2, -0.15) is 0 Å². The van der Waals surface area contributed by atoms with Crippen LogP contribution in [-0.2, 0) is 16.3 Å². The maximum absolute atomic E-state index is 11.6. The highest BCUT2D eigenvalue weighted by Crippen LogP contribution is 2.30. The summed E-state index contributed by atoms with van der Waals surface area (Å²) >= 11 is 3.40. The number of hydrogen-bond donors (Lipinski definition) is 1. The van der Waals surface area contributed by atoms with Gasteiger partial charge in [0.2, 0.25) is 0 Å². The third kappa shape index (κ3) is 4.30. The summed E-state index contributed by atoms with van der Waals surface area (Å²) in [6, 6.07) is 12.1. The molecular weight excluding hydrogens is 354 g/mol. The van der Waals surface area contributed by atoms with Crippen molar-refractivity contribution < 1.29 is 13.2 Å². The fourth-order valence-corrected chi connectivity index (χ4v) is 2.88. The van der Waals surface area contributed by atoms with Crippen LogP contribution in [0.5, 0.6) is 11.5 Å². The molecule has 0 aliphatic rings. The molecule has 0 spiro atoms. The van der Waals surface area contributed by atoms with Crippen LogP contribution in [0.25, 0.3) is 0 Å². The Bertz CT molecular complexity index is 744. The first-order chi connectivity index (χ1) is 9.90. The minimum Gasteiger partial charge on any atom is -0.457 e. The smallest absolute Gasteiger partial charge is 0.175 e. The molecule has 21 heavy (non-hydrogen) atoms. The second kappa shape index (κ2) is 6.60. The quantitative estimate of drug-likeness (QED) is 0.878. The molecule has 0 aromatic heterocycles. The van der Waals surface area contributed by atoms with Gasteiger partial charge in [-0.15, -0.1) is 0 Å². The summed E-state index contributed by atoms with van der Waals surface area (Å²) < 4.78 is 29.9. The zero-order valence-electron chi connectivity index (χ0n) is 11.5. The number of nitrogens with two attached hydrogens (primary N) is 1. The maximum Gasteiger partial charge on any atom is 0.175 e. The first-order valence-electron chi connectivity index (χ1n) is 6.36. The highest BCUT2D eigenvalue weighted by molar-refractivity contribution is 9.10. The van der Waals surface area contributed by atoms with Crippen molar-refractivity contribution in [2.45, 2.75) is 11.3 Å². The van der Waals surface area contributed by atoms with Gasteiger partial charge in [-0.3, -0.25) is 0 Å². The van der Waals surface area contributed by atoms with Crippen molar-refractivity contribution in [2.75, 3.05) is 12.8 Å². The lowest BCUT2D eigenvalue weighted by molar-refractivity contribution is 0.474. The largest absolute Gasteiger partial charge is 0.457 e. The van der Waals surface area contributed by atoms with Crippen molar-refractivity contribution in [1.82, 2.24) is 0 Å². The lowest BCUT2D eigenvalue weighted by Gasteiger charge is -2.12. The van der Waals surface area contributed by atoms with Crippen LogP contribution in [0, 0.1) is 0 Å². The third-order valence-electron chi connectivity index (χ3n) is 2.90. The minimum atomic E-state index is -3.26. The normalized spacial score (nSPS) is 11.4. The summed E-state index contributed by atoms with van der Waals surface area (Å²) in [5.41, 5.74) is 6.57. The summed E-state index contributed by atoms with van der Waals surface area (Å²) in [6.07, 6.45) is 1.86. The van der Waals surface area contributed by atoms with Crippen LogP contribution in [0.15, 0.2) is 51.8 Å². The Morgan fingerprint density at radius 2 is 1.95 bits per heavy atom. The van der Waals surface area contributed by atoms with Gasteiger partial charge in [0.25, 0.3) is 0 Å². The third-order valence-corrected chi connectivity index (χ3v) is 4.51. The van der Waals surface area contributed by atoms with Gasteiger partial charge in [0.1, 0.15) is 11.5 Å². The molecule has 2 aromatic rings. The van der Waals surface area contributed by atoms with E-state index < -0.39 is 9.84 Å².